The van der Waals surface area contributed by atoms with Gasteiger partial charge in [-0.25, -0.2) is 12.2 Å². The van der Waals surface area contributed by atoms with E-state index in [1.54, 1.807) is 0 Å². The number of rotatable bonds is 1. The van der Waals surface area contributed by atoms with E-state index in [0.29, 0.717) is 0 Å². The Balaban J connectivity index is 0.000000578. The normalized spacial score (nSPS) is 10.9. The van der Waals surface area contributed by atoms with Crippen molar-refractivity contribution >= 4 is 33.4 Å². The molecule has 0 unspecified atom stereocenters. The number of fused-ring (bicyclic) bond motifs is 1. The van der Waals surface area contributed by atoms with Gasteiger partial charge in [0, 0.05) is 3.57 Å². The fourth-order valence-electron chi connectivity index (χ4n) is 2.30. The van der Waals surface area contributed by atoms with E-state index in [9.17, 15) is 0 Å². The molecule has 0 aliphatic heterocycles. The van der Waals surface area contributed by atoms with Crippen LogP contribution in [0.3, 0.4) is 0 Å². The third kappa shape index (κ3) is 6.56. The zero-order valence-electron chi connectivity index (χ0n) is 12.8. The Kier molecular flexibility index (Phi) is 12.0. The topological polar surface area (TPSA) is 0 Å². The van der Waals surface area contributed by atoms with Crippen LogP contribution in [0.4, 0.5) is 0 Å². The van der Waals surface area contributed by atoms with Crippen LogP contribution >= 0.6 is 22.6 Å². The molecule has 1 aliphatic rings. The summed E-state index contributed by atoms with van der Waals surface area (Å²) in [5, 5.41) is 2.63. The fraction of sp³-hybridized carbons (Fsp3) is 0.0500. The summed E-state index contributed by atoms with van der Waals surface area (Å²) >= 11 is 2.33. The first kappa shape index (κ1) is 23.7. The van der Waals surface area contributed by atoms with Crippen molar-refractivity contribution in [1.82, 2.24) is 0 Å². The molecule has 0 saturated heterocycles. The van der Waals surface area contributed by atoms with Gasteiger partial charge in [0.05, 0.1) is 0 Å². The number of benzene rings is 2. The van der Waals surface area contributed by atoms with Gasteiger partial charge in [0.1, 0.15) is 0 Å². The first-order chi connectivity index (χ1) is 10.3. The molecule has 24 heavy (non-hydrogen) atoms. The van der Waals surface area contributed by atoms with Gasteiger partial charge < -0.3 is 24.8 Å². The van der Waals surface area contributed by atoms with Gasteiger partial charge >= 0.3 is 26.2 Å². The van der Waals surface area contributed by atoms with E-state index >= 15 is 0 Å². The monoisotopic (exact) mass is 542 g/mol. The summed E-state index contributed by atoms with van der Waals surface area (Å²) in [7, 11) is 0. The maximum atomic E-state index is 2.99. The van der Waals surface area contributed by atoms with Crippen LogP contribution in [0.15, 0.2) is 78.9 Å². The van der Waals surface area contributed by atoms with Crippen molar-refractivity contribution in [3.63, 3.8) is 0 Å². The van der Waals surface area contributed by atoms with Gasteiger partial charge in [-0.05, 0) is 22.6 Å². The number of hydrogen-bond donors (Lipinski definition) is 0. The largest absolute Gasteiger partial charge is 4.00 e. The average Bonchev–Trinajstić information content (AvgIpc) is 3.20. The molecule has 0 N–H and O–H groups in total. The maximum absolute atomic E-state index is 2.99. The second-order valence-corrected chi connectivity index (χ2v) is 6.13. The molecule has 0 amide bonds. The third-order valence-electron chi connectivity index (χ3n) is 3.38. The van der Waals surface area contributed by atoms with Crippen LogP contribution in [-0.2, 0) is 26.2 Å². The molecule has 3 aromatic rings. The Morgan fingerprint density at radius 3 is 2.21 bits per heavy atom. The third-order valence-corrected chi connectivity index (χ3v) is 4.10. The fourth-order valence-corrected chi connectivity index (χ4v) is 2.66. The molecule has 0 saturated carbocycles. The van der Waals surface area contributed by atoms with Crippen LogP contribution in [0.1, 0.15) is 6.42 Å². The second kappa shape index (κ2) is 12.1. The van der Waals surface area contributed by atoms with E-state index in [4.69, 9.17) is 0 Å². The Labute approximate surface area is 188 Å². The summed E-state index contributed by atoms with van der Waals surface area (Å²) in [6.07, 6.45) is 10.0. The first-order valence-electron chi connectivity index (χ1n) is 6.96. The zero-order valence-corrected chi connectivity index (χ0v) is 19.0. The SMILES string of the molecule is Ic1ccc(-c2cc3ccccc3[cH-]2)cc1.[C-]1=CC=CC1.[Cl-].[Cl-].[Zr+4]. The van der Waals surface area contributed by atoms with Gasteiger partial charge in [-0.15, -0.1) is 41.0 Å². The van der Waals surface area contributed by atoms with Gasteiger partial charge in [-0.2, -0.15) is 6.08 Å². The Hall–Kier alpha value is -0.277. The minimum Gasteiger partial charge on any atom is -1.00 e. The van der Waals surface area contributed by atoms with Crippen LogP contribution < -0.4 is 24.8 Å². The quantitative estimate of drug-likeness (QED) is 0.303. The van der Waals surface area contributed by atoms with Crippen LogP contribution in [0.2, 0.25) is 0 Å². The smallest absolute Gasteiger partial charge is 1.00 e. The summed E-state index contributed by atoms with van der Waals surface area (Å²) in [5.41, 5.74) is 2.59. The molecule has 120 valence electrons. The van der Waals surface area contributed by atoms with E-state index in [-0.39, 0.29) is 51.0 Å². The van der Waals surface area contributed by atoms with Gasteiger partial charge in [0.15, 0.2) is 0 Å². The van der Waals surface area contributed by atoms with Crippen LogP contribution in [-0.4, -0.2) is 0 Å². The van der Waals surface area contributed by atoms with Crippen molar-refractivity contribution in [3.05, 3.63) is 88.5 Å². The van der Waals surface area contributed by atoms with Crippen molar-refractivity contribution in [1.29, 1.82) is 0 Å². The van der Waals surface area contributed by atoms with Crippen LogP contribution in [0.25, 0.3) is 21.9 Å². The van der Waals surface area contributed by atoms with Gasteiger partial charge in [-0.3, -0.25) is 6.08 Å². The Morgan fingerprint density at radius 2 is 1.67 bits per heavy atom. The predicted octanol–water partition coefficient (Wildman–Crippen LogP) is 0.141. The van der Waals surface area contributed by atoms with E-state index < -0.39 is 0 Å². The molecular formula is C20H15Cl2IZr. The minimum absolute atomic E-state index is 0. The summed E-state index contributed by atoms with van der Waals surface area (Å²) < 4.78 is 1.28. The summed E-state index contributed by atoms with van der Waals surface area (Å²) in [6.45, 7) is 0. The minimum atomic E-state index is 0. The number of hydrogen-bond acceptors (Lipinski definition) is 0. The molecule has 0 heterocycles. The summed E-state index contributed by atoms with van der Waals surface area (Å²) in [6, 6.07) is 21.6. The van der Waals surface area contributed by atoms with E-state index in [2.05, 4.69) is 95.4 Å². The van der Waals surface area contributed by atoms with Crippen molar-refractivity contribution in [2.24, 2.45) is 0 Å². The molecule has 0 radical (unpaired) electrons. The standard InChI is InChI=1S/C15H10I.C5H5.2ClH.Zr/c16-15-7-5-11(6-8-15)14-9-12-3-1-2-4-13(12)10-14;1-2-4-5-3-1;;;/h1-10H;1-3H,4H2;2*1H;/q2*-1;;;+4/p-2. The zero-order chi connectivity index (χ0) is 14.5. The van der Waals surface area contributed by atoms with Gasteiger partial charge in [0.2, 0.25) is 0 Å². The average molecular weight is 544 g/mol. The van der Waals surface area contributed by atoms with Gasteiger partial charge in [0.25, 0.3) is 0 Å². The van der Waals surface area contributed by atoms with Crippen molar-refractivity contribution in [2.45, 2.75) is 6.42 Å². The predicted molar refractivity (Wildman–Crippen MR) is 99.3 cm³/mol. The molecule has 0 atom stereocenters. The molecule has 0 nitrogen and oxygen atoms in total. The van der Waals surface area contributed by atoms with E-state index in [1.165, 1.54) is 25.5 Å². The first-order valence-corrected chi connectivity index (χ1v) is 8.04. The van der Waals surface area contributed by atoms with E-state index in [0.717, 1.165) is 6.42 Å². The number of halogens is 3. The molecule has 0 fully saturated rings. The van der Waals surface area contributed by atoms with Crippen LogP contribution in [0.5, 0.6) is 0 Å². The second-order valence-electron chi connectivity index (χ2n) is 4.88. The number of allylic oxidation sites excluding steroid dienone is 4. The van der Waals surface area contributed by atoms with Crippen molar-refractivity contribution in [2.75, 3.05) is 0 Å². The van der Waals surface area contributed by atoms with Gasteiger partial charge in [-0.1, -0.05) is 48.0 Å². The molecule has 0 aromatic heterocycles. The summed E-state index contributed by atoms with van der Waals surface area (Å²) in [4.78, 5) is 0. The van der Waals surface area contributed by atoms with Crippen molar-refractivity contribution in [3.8, 4) is 11.1 Å². The Morgan fingerprint density at radius 1 is 0.958 bits per heavy atom. The van der Waals surface area contributed by atoms with E-state index in [1.807, 2.05) is 12.2 Å². The molecule has 4 heteroatoms. The molecule has 1 aliphatic carbocycles. The molecule has 3 aromatic carbocycles. The summed E-state index contributed by atoms with van der Waals surface area (Å²) in [5.74, 6) is 0. The molecule has 0 spiro atoms. The van der Waals surface area contributed by atoms with Crippen LogP contribution in [0, 0.1) is 9.65 Å². The molecule has 4 rings (SSSR count). The molecular weight excluding hydrogens is 529 g/mol. The van der Waals surface area contributed by atoms with Crippen molar-refractivity contribution < 1.29 is 51.0 Å². The maximum Gasteiger partial charge on any atom is 4.00 e. The Bertz CT molecular complexity index is 746. The molecule has 0 bridgehead atoms.